The molecule has 122 valence electrons. The number of nitrogens with zero attached hydrogens (tertiary/aromatic N) is 1. The summed E-state index contributed by atoms with van der Waals surface area (Å²) in [5.41, 5.74) is 2.86. The van der Waals surface area contributed by atoms with Gasteiger partial charge >= 0.3 is 5.97 Å². The van der Waals surface area contributed by atoms with E-state index in [2.05, 4.69) is 0 Å². The second kappa shape index (κ2) is 6.71. The highest BCUT2D eigenvalue weighted by molar-refractivity contribution is 5.94. The number of hydrogen-bond donors (Lipinski definition) is 0. The van der Waals surface area contributed by atoms with Gasteiger partial charge in [0.2, 0.25) is 5.91 Å². The summed E-state index contributed by atoms with van der Waals surface area (Å²) in [5, 5.41) is 0.888. The van der Waals surface area contributed by atoms with Gasteiger partial charge in [-0.3, -0.25) is 14.2 Å². The maximum absolute atomic E-state index is 12.7. The predicted molar refractivity (Wildman–Crippen MR) is 93.4 cm³/mol. The molecule has 0 spiro atoms. The molecule has 0 atom stereocenters. The minimum Gasteiger partial charge on any atom is -0.427 e. The van der Waals surface area contributed by atoms with E-state index < -0.39 is 0 Å². The van der Waals surface area contributed by atoms with E-state index in [1.165, 1.54) is 6.92 Å². The fourth-order valence-corrected chi connectivity index (χ4v) is 2.90. The van der Waals surface area contributed by atoms with Crippen molar-refractivity contribution in [3.63, 3.8) is 0 Å². The van der Waals surface area contributed by atoms with Gasteiger partial charge in [-0.25, -0.2) is 0 Å². The Kier molecular flexibility index (Phi) is 4.47. The number of carbonyl (C=O) groups excluding carboxylic acids is 2. The van der Waals surface area contributed by atoms with Crippen molar-refractivity contribution < 1.29 is 14.3 Å². The third kappa shape index (κ3) is 3.38. The lowest BCUT2D eigenvalue weighted by Gasteiger charge is -2.08. The van der Waals surface area contributed by atoms with Crippen LogP contribution in [-0.2, 0) is 11.2 Å². The Morgan fingerprint density at radius 1 is 1.04 bits per heavy atom. The van der Waals surface area contributed by atoms with Crippen LogP contribution in [0.5, 0.6) is 5.75 Å². The van der Waals surface area contributed by atoms with Gasteiger partial charge in [-0.2, -0.15) is 0 Å². The van der Waals surface area contributed by atoms with Gasteiger partial charge in [0.25, 0.3) is 0 Å². The van der Waals surface area contributed by atoms with Gasteiger partial charge in [-0.15, -0.1) is 0 Å². The maximum atomic E-state index is 12.7. The largest absolute Gasteiger partial charge is 0.427 e. The lowest BCUT2D eigenvalue weighted by atomic mass is 10.1. The summed E-state index contributed by atoms with van der Waals surface area (Å²) in [6, 6.07) is 17.2. The lowest BCUT2D eigenvalue weighted by Crippen LogP contribution is -2.12. The number of fused-ring (bicyclic) bond motifs is 1. The zero-order valence-electron chi connectivity index (χ0n) is 13.8. The van der Waals surface area contributed by atoms with Gasteiger partial charge in [0.05, 0.1) is 5.52 Å². The van der Waals surface area contributed by atoms with Gasteiger partial charge in [0, 0.05) is 24.4 Å². The minimum atomic E-state index is -0.357. The molecule has 4 nitrogen and oxygen atoms in total. The summed E-state index contributed by atoms with van der Waals surface area (Å²) in [5.74, 6) is 0.194. The number of ether oxygens (including phenoxy) is 1. The first-order valence-corrected chi connectivity index (χ1v) is 7.92. The van der Waals surface area contributed by atoms with Gasteiger partial charge in [0.1, 0.15) is 5.75 Å². The number of rotatable bonds is 4. The predicted octanol–water partition coefficient (Wildman–Crippen LogP) is 4.15. The number of carbonyl (C=O) groups is 2. The van der Waals surface area contributed by atoms with E-state index in [-0.39, 0.29) is 11.9 Å². The number of esters is 1. The maximum Gasteiger partial charge on any atom is 0.308 e. The molecule has 0 bridgehead atoms. The molecule has 4 heteroatoms. The molecule has 0 aliphatic rings. The second-order valence-corrected chi connectivity index (χ2v) is 5.81. The van der Waals surface area contributed by atoms with Crippen molar-refractivity contribution in [3.8, 4) is 5.75 Å². The fraction of sp³-hybridized carbons (Fsp3) is 0.200. The molecule has 1 heterocycles. The summed E-state index contributed by atoms with van der Waals surface area (Å²) >= 11 is 0. The molecular formula is C20H19NO3. The quantitative estimate of drug-likeness (QED) is 0.536. The van der Waals surface area contributed by atoms with E-state index in [1.807, 2.05) is 49.4 Å². The van der Waals surface area contributed by atoms with Crippen molar-refractivity contribution in [2.24, 2.45) is 0 Å². The van der Waals surface area contributed by atoms with E-state index in [1.54, 1.807) is 16.7 Å². The Morgan fingerprint density at radius 3 is 2.50 bits per heavy atom. The molecule has 0 radical (unpaired) electrons. The van der Waals surface area contributed by atoms with Crippen LogP contribution in [0.2, 0.25) is 0 Å². The van der Waals surface area contributed by atoms with Crippen molar-refractivity contribution in [2.45, 2.75) is 26.7 Å². The number of aryl methyl sites for hydroxylation is 2. The van der Waals surface area contributed by atoms with Crippen molar-refractivity contribution in [2.75, 3.05) is 0 Å². The van der Waals surface area contributed by atoms with Crippen LogP contribution >= 0.6 is 0 Å². The first-order valence-electron chi connectivity index (χ1n) is 7.92. The highest BCUT2D eigenvalue weighted by atomic mass is 16.5. The van der Waals surface area contributed by atoms with Crippen molar-refractivity contribution in [1.29, 1.82) is 0 Å². The highest BCUT2D eigenvalue weighted by Crippen LogP contribution is 2.25. The molecular weight excluding hydrogens is 302 g/mol. The van der Waals surface area contributed by atoms with Crippen LogP contribution in [0.15, 0.2) is 54.6 Å². The molecule has 0 aliphatic heterocycles. The third-order valence-electron chi connectivity index (χ3n) is 3.94. The molecule has 0 fully saturated rings. The molecule has 0 unspecified atom stereocenters. The molecule has 2 aromatic carbocycles. The Bertz CT molecular complexity index is 894. The normalized spacial score (nSPS) is 10.8. The van der Waals surface area contributed by atoms with Gasteiger partial charge < -0.3 is 4.74 Å². The van der Waals surface area contributed by atoms with Crippen LogP contribution < -0.4 is 4.74 Å². The topological polar surface area (TPSA) is 48.3 Å². The second-order valence-electron chi connectivity index (χ2n) is 5.81. The number of benzene rings is 2. The van der Waals surface area contributed by atoms with Gasteiger partial charge in [-0.05, 0) is 43.2 Å². The third-order valence-corrected chi connectivity index (χ3v) is 3.94. The van der Waals surface area contributed by atoms with Gasteiger partial charge in [0.15, 0.2) is 0 Å². The van der Waals surface area contributed by atoms with Crippen LogP contribution in [-0.4, -0.2) is 16.4 Å². The first kappa shape index (κ1) is 16.0. The Morgan fingerprint density at radius 2 is 1.79 bits per heavy atom. The lowest BCUT2D eigenvalue weighted by molar-refractivity contribution is -0.131. The molecule has 3 aromatic rings. The van der Waals surface area contributed by atoms with Gasteiger partial charge in [-0.1, -0.05) is 30.3 Å². The number of aromatic nitrogens is 1. The van der Waals surface area contributed by atoms with Crippen LogP contribution in [0.1, 0.15) is 29.4 Å². The van der Waals surface area contributed by atoms with Crippen molar-refractivity contribution in [1.82, 2.24) is 4.57 Å². The molecule has 0 N–H and O–H groups in total. The Hall–Kier alpha value is -2.88. The van der Waals surface area contributed by atoms with E-state index in [0.717, 1.165) is 22.2 Å². The summed E-state index contributed by atoms with van der Waals surface area (Å²) < 4.78 is 6.84. The van der Waals surface area contributed by atoms with E-state index in [4.69, 9.17) is 4.74 Å². The Balaban J connectivity index is 1.84. The summed E-state index contributed by atoms with van der Waals surface area (Å²) in [6.45, 7) is 3.28. The Labute approximate surface area is 140 Å². The molecule has 0 amide bonds. The zero-order valence-corrected chi connectivity index (χ0v) is 13.8. The van der Waals surface area contributed by atoms with Crippen LogP contribution in [0, 0.1) is 6.92 Å². The standard InChI is InChI=1S/C20H19NO3/c1-14-12-17-13-18(24-15(2)22)9-10-19(17)21(14)20(23)11-8-16-6-4-3-5-7-16/h3-7,9-10,12-13H,8,11H2,1-2H3. The highest BCUT2D eigenvalue weighted by Gasteiger charge is 2.13. The molecule has 0 saturated heterocycles. The minimum absolute atomic E-state index is 0.0617. The average Bonchev–Trinajstić information content (AvgIpc) is 2.88. The molecule has 0 saturated carbocycles. The zero-order chi connectivity index (χ0) is 17.1. The SMILES string of the molecule is CC(=O)Oc1ccc2c(c1)cc(C)n2C(=O)CCc1ccccc1. The van der Waals surface area contributed by atoms with Crippen molar-refractivity contribution in [3.05, 3.63) is 65.9 Å². The average molecular weight is 321 g/mol. The monoisotopic (exact) mass is 321 g/mol. The van der Waals surface area contributed by atoms with E-state index >= 15 is 0 Å². The summed E-state index contributed by atoms with van der Waals surface area (Å²) in [4.78, 5) is 23.7. The fourth-order valence-electron chi connectivity index (χ4n) is 2.90. The summed E-state index contributed by atoms with van der Waals surface area (Å²) in [6.07, 6.45) is 1.16. The van der Waals surface area contributed by atoms with Crippen LogP contribution in [0.3, 0.4) is 0 Å². The molecule has 1 aromatic heterocycles. The molecule has 3 rings (SSSR count). The van der Waals surface area contributed by atoms with Crippen LogP contribution in [0.4, 0.5) is 0 Å². The molecule has 24 heavy (non-hydrogen) atoms. The number of hydrogen-bond acceptors (Lipinski definition) is 3. The smallest absolute Gasteiger partial charge is 0.308 e. The molecule has 0 aliphatic carbocycles. The van der Waals surface area contributed by atoms with Crippen molar-refractivity contribution >= 4 is 22.8 Å². The van der Waals surface area contributed by atoms with Crippen LogP contribution in [0.25, 0.3) is 10.9 Å². The van der Waals surface area contributed by atoms with E-state index in [9.17, 15) is 9.59 Å². The summed E-state index contributed by atoms with van der Waals surface area (Å²) in [7, 11) is 0. The first-order chi connectivity index (χ1) is 11.5. The van der Waals surface area contributed by atoms with E-state index in [0.29, 0.717) is 18.6 Å².